The first-order valence-electron chi connectivity index (χ1n) is 7.03. The van der Waals surface area contributed by atoms with E-state index in [9.17, 15) is 10.2 Å². The van der Waals surface area contributed by atoms with Crippen LogP contribution in [0.25, 0.3) is 0 Å². The molecule has 2 aliphatic rings. The molecule has 2 fully saturated rings. The lowest BCUT2D eigenvalue weighted by molar-refractivity contribution is -0.216. The fraction of sp³-hybridized carbons (Fsp3) is 1.00. The van der Waals surface area contributed by atoms with Crippen molar-refractivity contribution in [1.29, 1.82) is 0 Å². The molecular formula is C13H25NO4. The van der Waals surface area contributed by atoms with Gasteiger partial charge >= 0.3 is 0 Å². The van der Waals surface area contributed by atoms with Crippen molar-refractivity contribution in [2.24, 2.45) is 0 Å². The smallest absolute Gasteiger partial charge is 0.145 e. The lowest BCUT2D eigenvalue weighted by atomic mass is 9.93. The lowest BCUT2D eigenvalue weighted by Crippen LogP contribution is -2.68. The lowest BCUT2D eigenvalue weighted by Gasteiger charge is -2.44. The number of hydrogen-bond acceptors (Lipinski definition) is 5. The molecule has 3 N–H and O–H groups in total. The normalized spacial score (nSPS) is 43.3. The summed E-state index contributed by atoms with van der Waals surface area (Å²) in [6.07, 6.45) is 1.56. The van der Waals surface area contributed by atoms with Gasteiger partial charge in [-0.2, -0.15) is 0 Å². The van der Waals surface area contributed by atoms with Crippen LogP contribution in [0.3, 0.4) is 0 Å². The maximum absolute atomic E-state index is 10.5. The predicted octanol–water partition coefficient (Wildman–Crippen LogP) is 0.392. The molecule has 0 amide bonds. The molecule has 18 heavy (non-hydrogen) atoms. The van der Waals surface area contributed by atoms with Crippen molar-refractivity contribution < 1.29 is 19.7 Å². The van der Waals surface area contributed by atoms with Crippen LogP contribution < -0.4 is 5.32 Å². The third-order valence-electron chi connectivity index (χ3n) is 3.80. The average Bonchev–Trinajstić information content (AvgIpc) is 2.69. The van der Waals surface area contributed by atoms with Gasteiger partial charge in [-0.1, -0.05) is 13.8 Å². The van der Waals surface area contributed by atoms with E-state index < -0.39 is 17.9 Å². The number of rotatable bonds is 6. The minimum Gasteiger partial charge on any atom is -0.387 e. The summed E-state index contributed by atoms with van der Waals surface area (Å²) in [4.78, 5) is 0. The van der Waals surface area contributed by atoms with Crippen LogP contribution >= 0.6 is 0 Å². The van der Waals surface area contributed by atoms with E-state index in [1.807, 2.05) is 13.8 Å². The number of aliphatic hydroxyl groups excluding tert-OH is 1. The maximum Gasteiger partial charge on any atom is 0.145 e. The zero-order valence-corrected chi connectivity index (χ0v) is 11.3. The first-order valence-corrected chi connectivity index (χ1v) is 7.03. The van der Waals surface area contributed by atoms with Gasteiger partial charge in [-0.3, -0.25) is 5.32 Å². The molecule has 5 nitrogen and oxygen atoms in total. The monoisotopic (exact) mass is 259 g/mol. The molecule has 2 bridgehead atoms. The fourth-order valence-electron chi connectivity index (χ4n) is 2.95. The first kappa shape index (κ1) is 14.2. The first-order chi connectivity index (χ1) is 8.62. The Labute approximate surface area is 108 Å². The number of nitrogens with one attached hydrogen (secondary N) is 1. The van der Waals surface area contributed by atoms with Crippen LogP contribution in [0.2, 0.25) is 0 Å². The molecule has 0 aromatic rings. The number of piperidine rings is 1. The van der Waals surface area contributed by atoms with Crippen molar-refractivity contribution >= 4 is 0 Å². The summed E-state index contributed by atoms with van der Waals surface area (Å²) < 4.78 is 11.4. The Kier molecular flexibility index (Phi) is 4.61. The van der Waals surface area contributed by atoms with E-state index in [0.717, 1.165) is 19.3 Å². The maximum atomic E-state index is 10.5. The van der Waals surface area contributed by atoms with Crippen molar-refractivity contribution in [3.05, 3.63) is 0 Å². The summed E-state index contributed by atoms with van der Waals surface area (Å²) in [5, 5.41) is 24.0. The molecule has 0 saturated carbocycles. The second-order valence-electron chi connectivity index (χ2n) is 5.33. The van der Waals surface area contributed by atoms with Crippen molar-refractivity contribution in [3.63, 3.8) is 0 Å². The van der Waals surface area contributed by atoms with E-state index in [2.05, 4.69) is 5.32 Å². The Morgan fingerprint density at radius 3 is 2.56 bits per heavy atom. The minimum absolute atomic E-state index is 0.0260. The third-order valence-corrected chi connectivity index (χ3v) is 3.80. The summed E-state index contributed by atoms with van der Waals surface area (Å²) in [6.45, 7) is 5.21. The summed E-state index contributed by atoms with van der Waals surface area (Å²) >= 11 is 0. The molecule has 2 saturated heterocycles. The van der Waals surface area contributed by atoms with E-state index in [4.69, 9.17) is 9.47 Å². The molecule has 5 heteroatoms. The van der Waals surface area contributed by atoms with Crippen LogP contribution in [0.4, 0.5) is 0 Å². The van der Waals surface area contributed by atoms with Gasteiger partial charge in [0.1, 0.15) is 24.0 Å². The summed E-state index contributed by atoms with van der Waals surface area (Å²) in [6, 6.07) is 0.0260. The Bertz CT molecular complexity index is 276. The molecule has 2 heterocycles. The van der Waals surface area contributed by atoms with Crippen LogP contribution in [0.5, 0.6) is 0 Å². The van der Waals surface area contributed by atoms with Crippen LogP contribution in [0.1, 0.15) is 39.5 Å². The quantitative estimate of drug-likeness (QED) is 0.644. The summed E-state index contributed by atoms with van der Waals surface area (Å²) in [5.74, 6) is 0. The van der Waals surface area contributed by atoms with Gasteiger partial charge in [0.2, 0.25) is 0 Å². The number of fused-ring (bicyclic) bond motifs is 2. The molecule has 5 atom stereocenters. The van der Waals surface area contributed by atoms with Crippen molar-refractivity contribution in [2.75, 3.05) is 13.2 Å². The van der Waals surface area contributed by atoms with Crippen LogP contribution in [-0.2, 0) is 9.47 Å². The van der Waals surface area contributed by atoms with Gasteiger partial charge in [-0.15, -0.1) is 0 Å². The van der Waals surface area contributed by atoms with Gasteiger partial charge in [0.05, 0.1) is 0 Å². The van der Waals surface area contributed by atoms with Gasteiger partial charge in [0.15, 0.2) is 0 Å². The minimum atomic E-state index is -1.09. The molecular weight excluding hydrogens is 234 g/mol. The Hall–Kier alpha value is -0.200. The molecule has 106 valence electrons. The van der Waals surface area contributed by atoms with E-state index >= 15 is 0 Å². The SMILES string of the molecule is CCCO[C@@H]1[C@@H](O)[C@H](OCCC)[C@]2(O)CC[C@H]1N2. The Balaban J connectivity index is 2.06. The van der Waals surface area contributed by atoms with Gasteiger partial charge < -0.3 is 19.7 Å². The Morgan fingerprint density at radius 1 is 1.22 bits per heavy atom. The molecule has 0 radical (unpaired) electrons. The number of hydrogen-bond donors (Lipinski definition) is 3. The largest absolute Gasteiger partial charge is 0.387 e. The average molecular weight is 259 g/mol. The van der Waals surface area contributed by atoms with Crippen LogP contribution in [0, 0.1) is 0 Å². The fourth-order valence-corrected chi connectivity index (χ4v) is 2.95. The number of aliphatic hydroxyl groups is 2. The summed E-state index contributed by atoms with van der Waals surface area (Å²) in [5.41, 5.74) is -1.09. The number of ether oxygens (including phenoxy) is 2. The summed E-state index contributed by atoms with van der Waals surface area (Å²) in [7, 11) is 0. The van der Waals surface area contributed by atoms with Crippen LogP contribution in [-0.4, -0.2) is 53.5 Å². The molecule has 2 rings (SSSR count). The molecule has 0 aromatic carbocycles. The third kappa shape index (κ3) is 2.56. The van der Waals surface area contributed by atoms with Gasteiger partial charge in [-0.05, 0) is 25.7 Å². The van der Waals surface area contributed by atoms with Crippen molar-refractivity contribution in [2.45, 2.75) is 69.6 Å². The van der Waals surface area contributed by atoms with E-state index in [1.54, 1.807) is 0 Å². The van der Waals surface area contributed by atoms with E-state index in [-0.39, 0.29) is 12.1 Å². The molecule has 2 aliphatic heterocycles. The van der Waals surface area contributed by atoms with Gasteiger partial charge in [0, 0.05) is 19.3 Å². The highest BCUT2D eigenvalue weighted by atomic mass is 16.5. The van der Waals surface area contributed by atoms with Crippen molar-refractivity contribution in [1.82, 2.24) is 5.32 Å². The second-order valence-corrected chi connectivity index (χ2v) is 5.33. The highest BCUT2D eigenvalue weighted by Gasteiger charge is 2.57. The van der Waals surface area contributed by atoms with Crippen molar-refractivity contribution in [3.8, 4) is 0 Å². The van der Waals surface area contributed by atoms with Crippen LogP contribution in [0.15, 0.2) is 0 Å². The zero-order chi connectivity index (χ0) is 13.2. The van der Waals surface area contributed by atoms with Gasteiger partial charge in [0.25, 0.3) is 0 Å². The molecule has 0 unspecified atom stereocenters. The molecule has 0 aromatic heterocycles. The second kappa shape index (κ2) is 5.84. The molecule has 0 aliphatic carbocycles. The standard InChI is InChI=1S/C13H25NO4/c1-3-7-17-11-9-5-6-13(16,14-9)12(10(11)15)18-8-4-2/h9-12,14-16H,3-8H2,1-2H3/t9-,10-,11+,12+,13-/m1/s1. The van der Waals surface area contributed by atoms with E-state index in [1.165, 1.54) is 0 Å². The molecule has 0 spiro atoms. The highest BCUT2D eigenvalue weighted by Crippen LogP contribution is 2.37. The van der Waals surface area contributed by atoms with Gasteiger partial charge in [-0.25, -0.2) is 0 Å². The van der Waals surface area contributed by atoms with E-state index in [0.29, 0.717) is 19.6 Å². The Morgan fingerprint density at radius 2 is 1.89 bits per heavy atom. The highest BCUT2D eigenvalue weighted by molar-refractivity contribution is 5.09. The topological polar surface area (TPSA) is 71.0 Å². The predicted molar refractivity (Wildman–Crippen MR) is 67.2 cm³/mol. The zero-order valence-electron chi connectivity index (χ0n) is 11.3.